The van der Waals surface area contributed by atoms with Crippen LogP contribution >= 0.6 is 11.8 Å². The predicted octanol–water partition coefficient (Wildman–Crippen LogP) is 2.86. The van der Waals surface area contributed by atoms with Crippen molar-refractivity contribution in [3.63, 3.8) is 0 Å². The van der Waals surface area contributed by atoms with E-state index in [1.54, 1.807) is 17.8 Å². The Labute approximate surface area is 93.5 Å². The molecule has 0 fully saturated rings. The minimum atomic E-state index is -0.374. The zero-order chi connectivity index (χ0) is 11.1. The molecule has 1 aromatic carbocycles. The van der Waals surface area contributed by atoms with Gasteiger partial charge < -0.3 is 5.32 Å². The summed E-state index contributed by atoms with van der Waals surface area (Å²) in [5.41, 5.74) is 1.07. The number of anilines is 1. The maximum atomic E-state index is 12.8. The van der Waals surface area contributed by atoms with Gasteiger partial charge in [0.15, 0.2) is 0 Å². The molecule has 1 N–H and O–H groups in total. The van der Waals surface area contributed by atoms with Gasteiger partial charge in [0, 0.05) is 6.54 Å². The van der Waals surface area contributed by atoms with Crippen molar-refractivity contribution in [2.24, 2.45) is 0 Å². The molecular weight excluding hydrogens is 211 g/mol. The summed E-state index contributed by atoms with van der Waals surface area (Å²) in [4.78, 5) is 0. The van der Waals surface area contributed by atoms with Crippen LogP contribution in [-0.4, -0.2) is 18.6 Å². The number of nitrogens with zero attached hydrogens (tertiary/aromatic N) is 1. The normalized spacial score (nSPS) is 9.67. The average Bonchev–Trinajstić information content (AvgIpc) is 2.26. The van der Waals surface area contributed by atoms with E-state index < -0.39 is 0 Å². The highest BCUT2D eigenvalue weighted by atomic mass is 32.2. The van der Waals surface area contributed by atoms with Gasteiger partial charge in [0.05, 0.1) is 11.3 Å². The quantitative estimate of drug-likeness (QED) is 0.781. The molecule has 0 aliphatic rings. The van der Waals surface area contributed by atoms with E-state index in [4.69, 9.17) is 5.26 Å². The standard InChI is InChI=1S/C11H13FN2S/c1-15-6-2-5-14-11-4-3-10(12)7-9(11)8-13/h3-4,7,14H,2,5-6H2,1H3. The topological polar surface area (TPSA) is 35.8 Å². The monoisotopic (exact) mass is 224 g/mol. The number of hydrogen-bond donors (Lipinski definition) is 1. The van der Waals surface area contributed by atoms with Crippen molar-refractivity contribution < 1.29 is 4.39 Å². The summed E-state index contributed by atoms with van der Waals surface area (Å²) in [6.45, 7) is 0.807. The van der Waals surface area contributed by atoms with Crippen LogP contribution in [0, 0.1) is 17.1 Å². The molecule has 1 rings (SSSR count). The largest absolute Gasteiger partial charge is 0.384 e. The van der Waals surface area contributed by atoms with Gasteiger partial charge in [-0.15, -0.1) is 0 Å². The van der Waals surface area contributed by atoms with Crippen LogP contribution < -0.4 is 5.32 Å². The number of halogens is 1. The maximum Gasteiger partial charge on any atom is 0.124 e. The second-order valence-corrected chi connectivity index (χ2v) is 4.06. The van der Waals surface area contributed by atoms with Crippen molar-refractivity contribution in [1.82, 2.24) is 0 Å². The summed E-state index contributed by atoms with van der Waals surface area (Å²) in [5, 5.41) is 11.9. The highest BCUT2D eigenvalue weighted by Gasteiger charge is 2.02. The Hall–Kier alpha value is -1.21. The van der Waals surface area contributed by atoms with Gasteiger partial charge in [0.25, 0.3) is 0 Å². The smallest absolute Gasteiger partial charge is 0.124 e. The third-order valence-electron chi connectivity index (χ3n) is 1.94. The molecule has 0 aliphatic heterocycles. The van der Waals surface area contributed by atoms with Gasteiger partial charge in [0.1, 0.15) is 11.9 Å². The molecule has 0 aliphatic carbocycles. The summed E-state index contributed by atoms with van der Waals surface area (Å²) >= 11 is 1.78. The fourth-order valence-corrected chi connectivity index (χ4v) is 1.64. The molecule has 80 valence electrons. The van der Waals surface area contributed by atoms with Crippen LogP contribution in [0.1, 0.15) is 12.0 Å². The Balaban J connectivity index is 2.57. The SMILES string of the molecule is CSCCCNc1ccc(F)cc1C#N. The molecule has 1 aromatic rings. The number of hydrogen-bond acceptors (Lipinski definition) is 3. The van der Waals surface area contributed by atoms with Crippen LogP contribution in [0.3, 0.4) is 0 Å². The average molecular weight is 224 g/mol. The van der Waals surface area contributed by atoms with Gasteiger partial charge in [-0.25, -0.2) is 4.39 Å². The first-order valence-electron chi connectivity index (χ1n) is 4.70. The van der Waals surface area contributed by atoms with Gasteiger partial charge in [0.2, 0.25) is 0 Å². The van der Waals surface area contributed by atoms with E-state index in [9.17, 15) is 4.39 Å². The summed E-state index contributed by atoms with van der Waals surface area (Å²) in [5.74, 6) is 0.706. The molecule has 0 aromatic heterocycles. The van der Waals surface area contributed by atoms with E-state index in [0.29, 0.717) is 11.3 Å². The third kappa shape index (κ3) is 3.80. The lowest BCUT2D eigenvalue weighted by Crippen LogP contribution is -2.04. The molecule has 0 heterocycles. The summed E-state index contributed by atoms with van der Waals surface area (Å²) in [6.07, 6.45) is 3.09. The van der Waals surface area contributed by atoms with Crippen LogP contribution in [0.5, 0.6) is 0 Å². The lowest BCUT2D eigenvalue weighted by atomic mass is 10.2. The second kappa shape index (κ2) is 6.31. The zero-order valence-electron chi connectivity index (χ0n) is 8.59. The molecule has 0 saturated carbocycles. The van der Waals surface area contributed by atoms with Crippen molar-refractivity contribution in [3.8, 4) is 6.07 Å². The van der Waals surface area contributed by atoms with Crippen molar-refractivity contribution in [3.05, 3.63) is 29.6 Å². The van der Waals surface area contributed by atoms with Gasteiger partial charge in [-0.1, -0.05) is 0 Å². The van der Waals surface area contributed by atoms with E-state index in [1.165, 1.54) is 12.1 Å². The van der Waals surface area contributed by atoms with Crippen molar-refractivity contribution in [2.45, 2.75) is 6.42 Å². The van der Waals surface area contributed by atoms with Crippen LogP contribution in [-0.2, 0) is 0 Å². The summed E-state index contributed by atoms with van der Waals surface area (Å²) in [7, 11) is 0. The van der Waals surface area contributed by atoms with E-state index >= 15 is 0 Å². The lowest BCUT2D eigenvalue weighted by molar-refractivity contribution is 0.627. The van der Waals surface area contributed by atoms with E-state index in [-0.39, 0.29) is 5.82 Å². The van der Waals surface area contributed by atoms with Gasteiger partial charge in [-0.3, -0.25) is 0 Å². The van der Waals surface area contributed by atoms with E-state index in [0.717, 1.165) is 18.7 Å². The number of benzene rings is 1. The first-order valence-corrected chi connectivity index (χ1v) is 6.09. The Morgan fingerprint density at radius 2 is 2.33 bits per heavy atom. The molecule has 0 unspecified atom stereocenters. The third-order valence-corrected chi connectivity index (χ3v) is 2.64. The van der Waals surface area contributed by atoms with Gasteiger partial charge in [-0.05, 0) is 36.6 Å². The predicted molar refractivity (Wildman–Crippen MR) is 62.6 cm³/mol. The Bertz CT molecular complexity index is 360. The van der Waals surface area contributed by atoms with E-state index in [2.05, 4.69) is 11.6 Å². The molecule has 15 heavy (non-hydrogen) atoms. The first-order chi connectivity index (χ1) is 7.27. The van der Waals surface area contributed by atoms with Crippen molar-refractivity contribution >= 4 is 17.4 Å². The van der Waals surface area contributed by atoms with Gasteiger partial charge >= 0.3 is 0 Å². The molecule has 0 amide bonds. The van der Waals surface area contributed by atoms with Crippen LogP contribution in [0.15, 0.2) is 18.2 Å². The van der Waals surface area contributed by atoms with Crippen LogP contribution in [0.2, 0.25) is 0 Å². The molecule has 4 heteroatoms. The molecular formula is C11H13FN2S. The highest BCUT2D eigenvalue weighted by molar-refractivity contribution is 7.98. The van der Waals surface area contributed by atoms with Crippen molar-refractivity contribution in [2.75, 3.05) is 23.9 Å². The number of nitrogens with one attached hydrogen (secondary N) is 1. The molecule has 0 bridgehead atoms. The van der Waals surface area contributed by atoms with Gasteiger partial charge in [-0.2, -0.15) is 17.0 Å². The van der Waals surface area contributed by atoms with E-state index in [1.807, 2.05) is 6.07 Å². The summed E-state index contributed by atoms with van der Waals surface area (Å²) in [6, 6.07) is 6.18. The lowest BCUT2D eigenvalue weighted by Gasteiger charge is -2.07. The second-order valence-electron chi connectivity index (χ2n) is 3.07. The zero-order valence-corrected chi connectivity index (χ0v) is 9.40. The van der Waals surface area contributed by atoms with Crippen molar-refractivity contribution in [1.29, 1.82) is 5.26 Å². The number of nitriles is 1. The first kappa shape index (κ1) is 11.9. The fourth-order valence-electron chi connectivity index (χ4n) is 1.20. The van der Waals surface area contributed by atoms with Crippen LogP contribution in [0.4, 0.5) is 10.1 Å². The minimum absolute atomic E-state index is 0.360. The maximum absolute atomic E-state index is 12.8. The fraction of sp³-hybridized carbons (Fsp3) is 0.364. The Kier molecular flexibility index (Phi) is 4.99. The Morgan fingerprint density at radius 1 is 1.53 bits per heavy atom. The molecule has 0 atom stereocenters. The molecule has 2 nitrogen and oxygen atoms in total. The van der Waals surface area contributed by atoms with Crippen LogP contribution in [0.25, 0.3) is 0 Å². The highest BCUT2D eigenvalue weighted by Crippen LogP contribution is 2.15. The molecule has 0 saturated heterocycles. The Morgan fingerprint density at radius 3 is 3.00 bits per heavy atom. The number of thioether (sulfide) groups is 1. The number of rotatable bonds is 5. The minimum Gasteiger partial charge on any atom is -0.384 e. The molecule has 0 spiro atoms. The molecule has 0 radical (unpaired) electrons. The summed E-state index contributed by atoms with van der Waals surface area (Å²) < 4.78 is 12.8.